The Labute approximate surface area is 124 Å². The van der Waals surface area contributed by atoms with Gasteiger partial charge in [-0.15, -0.1) is 11.3 Å². The number of nitro benzene ring substituents is 1. The molecule has 1 heterocycles. The summed E-state index contributed by atoms with van der Waals surface area (Å²) in [5.41, 5.74) is 1.96. The number of nitrogens with one attached hydrogen (secondary N) is 2. The lowest BCUT2D eigenvalue weighted by Gasteiger charge is -2.13. The molecule has 8 heteroatoms. The summed E-state index contributed by atoms with van der Waals surface area (Å²) in [5.74, 6) is 4.74. The number of nitrogens with two attached hydrogens (primary N) is 1. The number of nitrogen functional groups attached to an aromatic ring is 1. The van der Waals surface area contributed by atoms with Crippen LogP contribution in [0.3, 0.4) is 0 Å². The van der Waals surface area contributed by atoms with Gasteiger partial charge in [0.05, 0.1) is 11.0 Å². The zero-order valence-corrected chi connectivity index (χ0v) is 12.0. The normalized spacial score (nSPS) is 11.7. The monoisotopic (exact) mass is 306 g/mol. The summed E-state index contributed by atoms with van der Waals surface area (Å²) in [6.45, 7) is 1.82. The summed E-state index contributed by atoms with van der Waals surface area (Å²) in [5, 5.41) is 15.8. The van der Waals surface area contributed by atoms with Crippen molar-refractivity contribution in [3.05, 3.63) is 56.3 Å². The first-order valence-electron chi connectivity index (χ1n) is 6.13. The van der Waals surface area contributed by atoms with Crippen LogP contribution in [0.1, 0.15) is 28.2 Å². The molecular formula is C13H14N4O3S. The van der Waals surface area contributed by atoms with Crippen molar-refractivity contribution in [2.75, 3.05) is 5.43 Å². The molecule has 110 valence electrons. The maximum atomic E-state index is 12.3. The van der Waals surface area contributed by atoms with Crippen LogP contribution < -0.4 is 16.6 Å². The maximum Gasteiger partial charge on any atom is 0.306 e. The zero-order valence-electron chi connectivity index (χ0n) is 11.2. The largest absolute Gasteiger partial charge is 0.344 e. The van der Waals surface area contributed by atoms with Crippen LogP contribution in [0.4, 0.5) is 11.4 Å². The molecule has 2 rings (SSSR count). The molecule has 0 fully saturated rings. The molecule has 1 atom stereocenters. The van der Waals surface area contributed by atoms with Gasteiger partial charge in [0.1, 0.15) is 11.3 Å². The van der Waals surface area contributed by atoms with E-state index in [9.17, 15) is 14.9 Å². The predicted molar refractivity (Wildman–Crippen MR) is 81.1 cm³/mol. The van der Waals surface area contributed by atoms with Gasteiger partial charge >= 0.3 is 5.69 Å². The van der Waals surface area contributed by atoms with Crippen LogP contribution >= 0.6 is 11.3 Å². The van der Waals surface area contributed by atoms with Crippen LogP contribution in [0.15, 0.2) is 35.7 Å². The summed E-state index contributed by atoms with van der Waals surface area (Å²) in [6.07, 6.45) is 0. The standard InChI is InChI=1S/C13H14N4O3S/c1-8(11-6-3-7-21-11)15-13(18)9-4-2-5-10(16-14)12(9)17(19)20/h2-8,16H,14H2,1H3,(H,15,18). The van der Waals surface area contributed by atoms with Crippen LogP contribution in [0, 0.1) is 10.1 Å². The Morgan fingerprint density at radius 2 is 2.14 bits per heavy atom. The molecule has 0 saturated heterocycles. The van der Waals surface area contributed by atoms with Crippen molar-refractivity contribution in [3.63, 3.8) is 0 Å². The number of para-hydroxylation sites is 1. The van der Waals surface area contributed by atoms with Gasteiger partial charge in [0, 0.05) is 4.88 Å². The third-order valence-corrected chi connectivity index (χ3v) is 3.99. The molecule has 0 aliphatic carbocycles. The van der Waals surface area contributed by atoms with E-state index in [2.05, 4.69) is 10.7 Å². The minimum Gasteiger partial charge on any atom is -0.344 e. The number of hydrogen-bond acceptors (Lipinski definition) is 6. The highest BCUT2D eigenvalue weighted by Gasteiger charge is 2.25. The van der Waals surface area contributed by atoms with E-state index in [4.69, 9.17) is 5.84 Å². The maximum absolute atomic E-state index is 12.3. The molecule has 4 N–H and O–H groups in total. The third-order valence-electron chi connectivity index (χ3n) is 2.94. The molecule has 0 aliphatic rings. The molecule has 1 amide bonds. The van der Waals surface area contributed by atoms with Gasteiger partial charge in [-0.3, -0.25) is 20.8 Å². The number of hydrazine groups is 1. The topological polar surface area (TPSA) is 110 Å². The minimum absolute atomic E-state index is 0.0288. The van der Waals surface area contributed by atoms with Gasteiger partial charge in [-0.2, -0.15) is 0 Å². The van der Waals surface area contributed by atoms with Crippen molar-refractivity contribution in [2.45, 2.75) is 13.0 Å². The lowest BCUT2D eigenvalue weighted by molar-refractivity contribution is -0.384. The van der Waals surface area contributed by atoms with Crippen molar-refractivity contribution in [3.8, 4) is 0 Å². The number of amides is 1. The van der Waals surface area contributed by atoms with Crippen LogP contribution in [-0.2, 0) is 0 Å². The fourth-order valence-corrected chi connectivity index (χ4v) is 2.66. The van der Waals surface area contributed by atoms with Crippen molar-refractivity contribution in [1.82, 2.24) is 5.32 Å². The first-order valence-corrected chi connectivity index (χ1v) is 7.01. The fourth-order valence-electron chi connectivity index (χ4n) is 1.92. The van der Waals surface area contributed by atoms with Crippen LogP contribution in [0.2, 0.25) is 0 Å². The average molecular weight is 306 g/mol. The molecule has 1 aromatic heterocycles. The number of carbonyl (C=O) groups is 1. The van der Waals surface area contributed by atoms with Gasteiger partial charge in [0.25, 0.3) is 5.91 Å². The Balaban J connectivity index is 2.29. The molecule has 7 nitrogen and oxygen atoms in total. The fraction of sp³-hybridized carbons (Fsp3) is 0.154. The van der Waals surface area contributed by atoms with Crippen LogP contribution in [-0.4, -0.2) is 10.8 Å². The number of hydrogen-bond donors (Lipinski definition) is 3. The quantitative estimate of drug-likeness (QED) is 0.446. The van der Waals surface area contributed by atoms with E-state index in [1.54, 1.807) is 0 Å². The predicted octanol–water partition coefficient (Wildman–Crippen LogP) is 2.43. The average Bonchev–Trinajstić information content (AvgIpc) is 3.00. The van der Waals surface area contributed by atoms with Gasteiger partial charge in [0.2, 0.25) is 0 Å². The second-order valence-electron chi connectivity index (χ2n) is 4.31. The number of carbonyl (C=O) groups excluding carboxylic acids is 1. The second kappa shape index (κ2) is 6.33. The molecule has 0 aliphatic heterocycles. The molecule has 0 spiro atoms. The molecular weight excluding hydrogens is 292 g/mol. The summed E-state index contributed by atoms with van der Waals surface area (Å²) in [6, 6.07) is 7.91. The summed E-state index contributed by atoms with van der Waals surface area (Å²) >= 11 is 1.51. The van der Waals surface area contributed by atoms with E-state index >= 15 is 0 Å². The Morgan fingerprint density at radius 1 is 1.38 bits per heavy atom. The smallest absolute Gasteiger partial charge is 0.306 e. The van der Waals surface area contributed by atoms with Gasteiger partial charge in [-0.05, 0) is 30.5 Å². The van der Waals surface area contributed by atoms with Crippen molar-refractivity contribution in [1.29, 1.82) is 0 Å². The summed E-state index contributed by atoms with van der Waals surface area (Å²) in [4.78, 5) is 23.8. The SMILES string of the molecule is CC(NC(=O)c1cccc(NN)c1[N+](=O)[O-])c1cccs1. The molecule has 21 heavy (non-hydrogen) atoms. The molecule has 0 bridgehead atoms. The van der Waals surface area contributed by atoms with Gasteiger partial charge < -0.3 is 10.7 Å². The Bertz CT molecular complexity index is 657. The van der Waals surface area contributed by atoms with Crippen molar-refractivity contribution in [2.24, 2.45) is 5.84 Å². The molecule has 0 radical (unpaired) electrons. The van der Waals surface area contributed by atoms with Crippen molar-refractivity contribution >= 4 is 28.6 Å². The summed E-state index contributed by atoms with van der Waals surface area (Å²) in [7, 11) is 0. The van der Waals surface area contributed by atoms with E-state index < -0.39 is 10.8 Å². The highest BCUT2D eigenvalue weighted by Crippen LogP contribution is 2.28. The molecule has 1 unspecified atom stereocenters. The highest BCUT2D eigenvalue weighted by atomic mass is 32.1. The number of anilines is 1. The van der Waals surface area contributed by atoms with Crippen molar-refractivity contribution < 1.29 is 9.72 Å². The zero-order chi connectivity index (χ0) is 15.4. The lowest BCUT2D eigenvalue weighted by Crippen LogP contribution is -2.27. The Hall–Kier alpha value is -2.45. The number of nitrogens with zero attached hydrogens (tertiary/aromatic N) is 1. The lowest BCUT2D eigenvalue weighted by atomic mass is 10.1. The third kappa shape index (κ3) is 3.18. The minimum atomic E-state index is -0.625. The summed E-state index contributed by atoms with van der Waals surface area (Å²) < 4.78 is 0. The van der Waals surface area contributed by atoms with E-state index in [0.717, 1.165) is 4.88 Å². The molecule has 1 aromatic carbocycles. The highest BCUT2D eigenvalue weighted by molar-refractivity contribution is 7.10. The first kappa shape index (κ1) is 14.9. The molecule has 0 saturated carbocycles. The second-order valence-corrected chi connectivity index (χ2v) is 5.29. The van der Waals surface area contributed by atoms with E-state index in [1.807, 2.05) is 24.4 Å². The van der Waals surface area contributed by atoms with Gasteiger partial charge in [-0.25, -0.2) is 0 Å². The van der Waals surface area contributed by atoms with E-state index in [-0.39, 0.29) is 23.0 Å². The Morgan fingerprint density at radius 3 is 2.71 bits per heavy atom. The van der Waals surface area contributed by atoms with E-state index in [0.29, 0.717) is 0 Å². The first-order chi connectivity index (χ1) is 10.0. The number of rotatable bonds is 5. The molecule has 2 aromatic rings. The number of benzene rings is 1. The number of thiophene rings is 1. The van der Waals surface area contributed by atoms with E-state index in [1.165, 1.54) is 29.5 Å². The van der Waals surface area contributed by atoms with Crippen LogP contribution in [0.5, 0.6) is 0 Å². The number of nitro groups is 1. The van der Waals surface area contributed by atoms with Crippen LogP contribution in [0.25, 0.3) is 0 Å². The van der Waals surface area contributed by atoms with Gasteiger partial charge in [0.15, 0.2) is 0 Å². The van der Waals surface area contributed by atoms with Gasteiger partial charge in [-0.1, -0.05) is 12.1 Å². The Kier molecular flexibility index (Phi) is 4.51.